The van der Waals surface area contributed by atoms with Crippen LogP contribution in [0.2, 0.25) is 0 Å². The smallest absolute Gasteiger partial charge is 0.281 e. The van der Waals surface area contributed by atoms with E-state index in [2.05, 4.69) is 29.9 Å². The van der Waals surface area contributed by atoms with Crippen LogP contribution in [0, 0.1) is 61.9 Å². The molecule has 2 atom stereocenters. The molecular formula is C82H110F3N9O17S3. The number of aryl methyl sites for hydroxylation is 3. The molecule has 6 heterocycles. The number of amides is 3. The summed E-state index contributed by atoms with van der Waals surface area (Å²) < 4.78 is 171. The summed E-state index contributed by atoms with van der Waals surface area (Å²) in [6, 6.07) is 34.7. The molecule has 0 aliphatic rings. The number of ether oxygens (including phenoxy) is 8. The van der Waals surface area contributed by atoms with Crippen molar-refractivity contribution in [3.8, 4) is 68.7 Å². The molecule has 0 bridgehead atoms. The molecule has 624 valence electrons. The van der Waals surface area contributed by atoms with Crippen LogP contribution >= 0.6 is 0 Å². The molecule has 0 spiro atoms. The van der Waals surface area contributed by atoms with Crippen molar-refractivity contribution in [1.82, 2.24) is 44.1 Å². The molecule has 9 rings (SSSR count). The number of methoxy groups -OCH3 is 2. The number of nitrogens with zero attached hydrogens (tertiary/aromatic N) is 6. The molecule has 0 aliphatic heterocycles. The van der Waals surface area contributed by atoms with E-state index >= 15 is 0 Å². The number of benzene rings is 3. The Bertz CT molecular complexity index is 5230. The van der Waals surface area contributed by atoms with Crippen LogP contribution in [0.3, 0.4) is 0 Å². The lowest BCUT2D eigenvalue weighted by molar-refractivity contribution is 0.00503. The van der Waals surface area contributed by atoms with Gasteiger partial charge in [0.2, 0.25) is 17.6 Å². The molecule has 0 aliphatic carbocycles. The highest BCUT2D eigenvalue weighted by atomic mass is 32.2. The summed E-state index contributed by atoms with van der Waals surface area (Å²) in [5.41, 5.74) is 2.79. The number of carbonyl (C=O) groups is 3. The topological polar surface area (TPSA) is 341 Å². The Labute approximate surface area is 673 Å². The van der Waals surface area contributed by atoms with Gasteiger partial charge >= 0.3 is 0 Å². The second kappa shape index (κ2) is 40.9. The summed E-state index contributed by atoms with van der Waals surface area (Å²) in [6.07, 6.45) is 0.282. The van der Waals surface area contributed by atoms with E-state index in [1.165, 1.54) is 116 Å². The number of nitrogens with one attached hydrogen (secondary N) is 3. The zero-order chi connectivity index (χ0) is 84.0. The van der Waals surface area contributed by atoms with Crippen LogP contribution in [0.1, 0.15) is 153 Å². The Hall–Kier alpha value is -10.7. The van der Waals surface area contributed by atoms with Crippen LogP contribution in [0.5, 0.6) is 34.9 Å². The normalized spacial score (nSPS) is 12.2. The minimum absolute atomic E-state index is 0. The van der Waals surface area contributed by atoms with E-state index < -0.39 is 76.9 Å². The second-order valence-corrected chi connectivity index (χ2v) is 33.8. The number of pyridine rings is 6. The molecule has 0 radical (unpaired) electrons. The van der Waals surface area contributed by atoms with Crippen LogP contribution in [0.15, 0.2) is 161 Å². The number of hydrogen-bond acceptors (Lipinski definition) is 23. The summed E-state index contributed by atoms with van der Waals surface area (Å²) in [5, 5.41) is -0.868. The van der Waals surface area contributed by atoms with Gasteiger partial charge in [-0.3, -0.25) is 14.4 Å². The summed E-state index contributed by atoms with van der Waals surface area (Å²) in [5.74, 6) is -2.60. The molecule has 3 N–H and O–H groups in total. The highest BCUT2D eigenvalue weighted by Crippen LogP contribution is 2.34. The predicted octanol–water partition coefficient (Wildman–Crippen LogP) is 16.1. The van der Waals surface area contributed by atoms with Gasteiger partial charge in [-0.05, 0) is 188 Å². The highest BCUT2D eigenvalue weighted by molar-refractivity contribution is 7.90. The molecule has 9 aromatic rings. The number of halogens is 3. The van der Waals surface area contributed by atoms with Crippen molar-refractivity contribution in [1.29, 1.82) is 0 Å². The molecule has 114 heavy (non-hydrogen) atoms. The summed E-state index contributed by atoms with van der Waals surface area (Å²) >= 11 is 0. The van der Waals surface area contributed by atoms with Crippen molar-refractivity contribution in [3.05, 3.63) is 197 Å². The minimum Gasteiger partial charge on any atom is -0.493 e. The monoisotopic (exact) mass is 1650 g/mol. The van der Waals surface area contributed by atoms with Gasteiger partial charge in [-0.1, -0.05) is 73.6 Å². The lowest BCUT2D eigenvalue weighted by atomic mass is 10.1. The predicted molar refractivity (Wildman–Crippen MR) is 436 cm³/mol. The van der Waals surface area contributed by atoms with Crippen LogP contribution < -0.4 is 42.6 Å². The van der Waals surface area contributed by atoms with Crippen LogP contribution in [-0.4, -0.2) is 138 Å². The van der Waals surface area contributed by atoms with E-state index in [4.69, 9.17) is 37.9 Å². The average Bonchev–Trinajstić information content (AvgIpc) is 0.807. The molecule has 6 aromatic heterocycles. The van der Waals surface area contributed by atoms with Gasteiger partial charge in [0.25, 0.3) is 47.8 Å². The lowest BCUT2D eigenvalue weighted by Gasteiger charge is -2.22. The number of carbonyl (C=O) groups excluding carboxylic acids is 3. The molecular weight excluding hydrogens is 1540 g/mol. The van der Waals surface area contributed by atoms with Gasteiger partial charge in [-0.2, -0.15) is 25.3 Å². The van der Waals surface area contributed by atoms with Gasteiger partial charge in [0.15, 0.2) is 15.1 Å². The summed E-state index contributed by atoms with van der Waals surface area (Å²) in [6.45, 7) is 29.7. The molecule has 0 saturated heterocycles. The van der Waals surface area contributed by atoms with Crippen molar-refractivity contribution in [2.24, 2.45) is 23.7 Å². The first-order valence-electron chi connectivity index (χ1n) is 36.5. The van der Waals surface area contributed by atoms with Crippen molar-refractivity contribution in [2.45, 2.75) is 150 Å². The first-order valence-corrected chi connectivity index (χ1v) is 40.9. The van der Waals surface area contributed by atoms with Gasteiger partial charge in [-0.15, -0.1) is 0 Å². The van der Waals surface area contributed by atoms with Gasteiger partial charge in [0.1, 0.15) is 57.5 Å². The number of hydrogen-bond donors (Lipinski definition) is 3. The van der Waals surface area contributed by atoms with E-state index in [1.54, 1.807) is 71.2 Å². The largest absolute Gasteiger partial charge is 0.493 e. The average molecular weight is 1650 g/mol. The SMILES string of the molecule is COC(C)(C)CCOc1nc(-c2cc(F)cc(OCC(C)C)c2)ccc1C(=O)NS(=O)(=O)c1cccc(C)n1.COCC(C)Oc1nc(-c2cc(F)cc(OCC(C)C)c2)ccc1C(=O)NS(=O)(=O)c1cccc(C)n1.Cc1cccc(S(=O)(=O)NC(=O)c2ccc(-c3cc(F)cc(OCC(C)C)c3)nc2OC(C)CC(C)C)n1.[HH].[HH].[HH].[HH].[HH].[HH]. The Balaban J connectivity index is 0.000000878. The molecule has 2 unspecified atom stereocenters. The van der Waals surface area contributed by atoms with E-state index in [9.17, 15) is 52.8 Å². The first-order chi connectivity index (χ1) is 53.6. The van der Waals surface area contributed by atoms with E-state index in [1.807, 2.05) is 90.3 Å². The quantitative estimate of drug-likeness (QED) is 0.0337. The Morgan fingerprint density at radius 1 is 0.412 bits per heavy atom. The molecule has 3 amide bonds. The van der Waals surface area contributed by atoms with Crippen molar-refractivity contribution < 1.29 is 99.3 Å². The number of rotatable bonds is 34. The van der Waals surface area contributed by atoms with Gasteiger partial charge in [-0.25, -0.2) is 57.2 Å². The minimum atomic E-state index is -4.26. The standard InChI is InChI=1S/C28H34FN3O6S.C28H34FN3O5S.C26H30FN3O6S.6H2/c1-18(2)17-38-22-15-20(14-21(29)16-22)24-11-10-23(27(31-24)37-13-12-28(4,5)36-6)26(33)32-39(34,35)25-9-7-8-19(3)30-25;1-17(2)12-20(6)37-28-24(27(33)32-38(34,35)26-9-7-8-19(5)30-26)10-11-25(31-28)21-13-22(29)15-23(14-21)36-16-18(3)4;1-16(2)14-35-21-12-19(11-20(27)13-21)23-10-9-22(26(29-23)36-18(4)15-34-5)25(31)30-37(32,33)24-8-6-7-17(3)28-24;;;;;;/h7-11,14-16,18H,12-13,17H2,1-6H3,(H,32,33);7-11,13-15,17-18,20H,12,16H2,1-6H3,(H,32,33);6-13,16,18H,14-15H2,1-5H3,(H,30,31);6*1H. The lowest BCUT2D eigenvalue weighted by Crippen LogP contribution is -2.32. The first kappa shape index (κ1) is 90.5. The van der Waals surface area contributed by atoms with Crippen LogP contribution in [0.4, 0.5) is 13.2 Å². The third-order valence-corrected chi connectivity index (χ3v) is 19.7. The van der Waals surface area contributed by atoms with Crippen LogP contribution in [0.25, 0.3) is 33.8 Å². The zero-order valence-electron chi connectivity index (χ0n) is 66.8. The van der Waals surface area contributed by atoms with Gasteiger partial charge in [0, 0.05) is 81.2 Å². The maximum absolute atomic E-state index is 14.4. The van der Waals surface area contributed by atoms with E-state index in [0.717, 1.165) is 0 Å². The van der Waals surface area contributed by atoms with Crippen molar-refractivity contribution in [2.75, 3.05) is 47.3 Å². The molecule has 3 aromatic carbocycles. The van der Waals surface area contributed by atoms with Crippen molar-refractivity contribution >= 4 is 47.8 Å². The number of aromatic nitrogens is 6. The Morgan fingerprint density at radius 3 is 1.04 bits per heavy atom. The molecule has 26 nitrogen and oxygen atoms in total. The fraction of sp³-hybridized carbons (Fsp3) is 0.378. The van der Waals surface area contributed by atoms with Gasteiger partial charge < -0.3 is 37.9 Å². The van der Waals surface area contributed by atoms with E-state index in [-0.39, 0.29) is 95.0 Å². The molecule has 0 fully saturated rings. The van der Waals surface area contributed by atoms with E-state index in [0.29, 0.717) is 107 Å². The molecule has 0 saturated carbocycles. The third kappa shape index (κ3) is 27.9. The second-order valence-electron chi connectivity index (χ2n) is 28.9. The highest BCUT2D eigenvalue weighted by Gasteiger charge is 2.30. The molecule has 32 heteroatoms. The fourth-order valence-corrected chi connectivity index (χ4v) is 13.3. The Morgan fingerprint density at radius 2 is 0.737 bits per heavy atom. The van der Waals surface area contributed by atoms with Crippen molar-refractivity contribution in [3.63, 3.8) is 0 Å². The maximum Gasteiger partial charge on any atom is 0.281 e. The maximum atomic E-state index is 14.4. The number of sulfonamides is 3. The Kier molecular flexibility index (Phi) is 32.5. The zero-order valence-corrected chi connectivity index (χ0v) is 69.2. The summed E-state index contributed by atoms with van der Waals surface area (Å²) in [7, 11) is -9.70. The fourth-order valence-electron chi connectivity index (χ4n) is 10.3. The van der Waals surface area contributed by atoms with Gasteiger partial charge in [0.05, 0.1) is 61.8 Å². The summed E-state index contributed by atoms with van der Waals surface area (Å²) in [4.78, 5) is 64.6. The third-order valence-electron chi connectivity index (χ3n) is 16.0. The van der Waals surface area contributed by atoms with Crippen LogP contribution in [-0.2, 0) is 39.5 Å².